The Bertz CT molecular complexity index is 1490. The maximum absolute atomic E-state index is 12.8. The van der Waals surface area contributed by atoms with Gasteiger partial charge in [0.15, 0.2) is 6.10 Å². The summed E-state index contributed by atoms with van der Waals surface area (Å²) in [5.74, 6) is -0.907. The molecule has 0 spiro atoms. The Morgan fingerprint density at radius 2 is 0.534 bits per heavy atom. The van der Waals surface area contributed by atoms with Crippen molar-refractivity contribution in [2.75, 3.05) is 13.2 Å². The molecule has 0 N–H and O–H groups in total. The van der Waals surface area contributed by atoms with Crippen LogP contribution in [-0.4, -0.2) is 37.2 Å². The summed E-state index contributed by atoms with van der Waals surface area (Å²) in [6.07, 6.45) is 82.6. The van der Waals surface area contributed by atoms with Crippen molar-refractivity contribution in [1.29, 1.82) is 0 Å². The third-order valence-electron chi connectivity index (χ3n) is 12.8. The van der Waals surface area contributed by atoms with Crippen LogP contribution in [0.3, 0.4) is 0 Å². The maximum atomic E-state index is 12.8. The molecule has 0 aromatic carbocycles. The van der Waals surface area contributed by atoms with Crippen molar-refractivity contribution in [3.63, 3.8) is 0 Å². The Hall–Kier alpha value is -3.93. The lowest BCUT2D eigenvalue weighted by Crippen LogP contribution is -2.30. The molecule has 0 radical (unpaired) electrons. The quantitative estimate of drug-likeness (QED) is 0.0261. The fourth-order valence-electron chi connectivity index (χ4n) is 8.26. The molecule has 0 aliphatic rings. The molecular weight excluding hydrogens is 901 g/mol. The molecule has 0 amide bonds. The van der Waals surface area contributed by atoms with Crippen molar-refractivity contribution < 1.29 is 28.6 Å². The third-order valence-corrected chi connectivity index (χ3v) is 12.8. The van der Waals surface area contributed by atoms with E-state index < -0.39 is 6.10 Å². The standard InChI is InChI=1S/C67H112O6/c1-4-7-10-13-16-18-20-22-24-26-27-28-29-30-31-32-33-34-35-36-37-38-39-40-41-42-44-45-47-49-51-54-57-60-66(69)72-63-64(62-71-65(68)59-56-53-15-12-9-6-3)73-67(70)61-58-55-52-50-48-46-43-25-23-21-19-17-14-11-8-5-2/h7,10,16,18,22,24,27-28,30-31,33-34,36-37,39-40,42,44,64H,4-6,8-9,11-15,17,19-21,23,25-26,29,32,35,38,41,43,45-63H2,1-3H3/b10-7-,18-16-,24-22-,28-27-,31-30-,34-33-,37-36-,40-39-,44-42-. The van der Waals surface area contributed by atoms with E-state index in [1.807, 2.05) is 0 Å². The predicted octanol–water partition coefficient (Wildman–Crippen LogP) is 20.7. The van der Waals surface area contributed by atoms with E-state index in [-0.39, 0.29) is 31.1 Å². The molecule has 6 nitrogen and oxygen atoms in total. The number of allylic oxidation sites excluding steroid dienone is 18. The zero-order valence-electron chi connectivity index (χ0n) is 47.6. The summed E-state index contributed by atoms with van der Waals surface area (Å²) in [5.41, 5.74) is 0. The van der Waals surface area contributed by atoms with Gasteiger partial charge in [0, 0.05) is 19.3 Å². The molecule has 6 heteroatoms. The van der Waals surface area contributed by atoms with Gasteiger partial charge in [-0.1, -0.05) is 278 Å². The molecule has 0 saturated heterocycles. The molecule has 0 heterocycles. The summed E-state index contributed by atoms with van der Waals surface area (Å²) in [6, 6.07) is 0. The second kappa shape index (κ2) is 60.6. The van der Waals surface area contributed by atoms with E-state index in [1.54, 1.807) is 0 Å². The van der Waals surface area contributed by atoms with Gasteiger partial charge in [-0.05, 0) is 89.9 Å². The maximum Gasteiger partial charge on any atom is 0.306 e. The van der Waals surface area contributed by atoms with E-state index in [0.29, 0.717) is 19.3 Å². The Morgan fingerprint density at radius 1 is 0.288 bits per heavy atom. The van der Waals surface area contributed by atoms with Gasteiger partial charge in [-0.2, -0.15) is 0 Å². The highest BCUT2D eigenvalue weighted by molar-refractivity contribution is 5.71. The highest BCUT2D eigenvalue weighted by Gasteiger charge is 2.19. The number of ether oxygens (including phenoxy) is 3. The molecule has 0 aliphatic carbocycles. The summed E-state index contributed by atoms with van der Waals surface area (Å²) in [7, 11) is 0. The minimum Gasteiger partial charge on any atom is -0.462 e. The van der Waals surface area contributed by atoms with E-state index >= 15 is 0 Å². The van der Waals surface area contributed by atoms with Crippen LogP contribution < -0.4 is 0 Å². The summed E-state index contributed by atoms with van der Waals surface area (Å²) >= 11 is 0. The molecule has 0 aromatic rings. The van der Waals surface area contributed by atoms with Crippen molar-refractivity contribution in [3.05, 3.63) is 109 Å². The highest BCUT2D eigenvalue weighted by Crippen LogP contribution is 2.16. The average molecular weight is 1010 g/mol. The average Bonchev–Trinajstić information content (AvgIpc) is 3.39. The van der Waals surface area contributed by atoms with Crippen molar-refractivity contribution in [3.8, 4) is 0 Å². The second-order valence-electron chi connectivity index (χ2n) is 19.9. The lowest BCUT2D eigenvalue weighted by atomic mass is 10.0. The summed E-state index contributed by atoms with van der Waals surface area (Å²) in [5, 5.41) is 0. The van der Waals surface area contributed by atoms with E-state index in [9.17, 15) is 14.4 Å². The topological polar surface area (TPSA) is 78.9 Å². The fraction of sp³-hybridized carbons (Fsp3) is 0.687. The minimum atomic E-state index is -0.781. The Labute approximate surface area is 450 Å². The third kappa shape index (κ3) is 58.8. The Balaban J connectivity index is 4.15. The van der Waals surface area contributed by atoms with Crippen LogP contribution in [0.25, 0.3) is 0 Å². The van der Waals surface area contributed by atoms with Crippen LogP contribution in [0.15, 0.2) is 109 Å². The number of carbonyl (C=O) groups excluding carboxylic acids is 3. The first kappa shape index (κ1) is 69.1. The Morgan fingerprint density at radius 3 is 0.836 bits per heavy atom. The van der Waals surface area contributed by atoms with Crippen molar-refractivity contribution >= 4 is 17.9 Å². The van der Waals surface area contributed by atoms with Crippen molar-refractivity contribution in [1.82, 2.24) is 0 Å². The number of carbonyl (C=O) groups is 3. The first-order chi connectivity index (χ1) is 36.0. The van der Waals surface area contributed by atoms with Gasteiger partial charge in [0.05, 0.1) is 0 Å². The largest absolute Gasteiger partial charge is 0.462 e. The molecule has 0 rings (SSSR count). The van der Waals surface area contributed by atoms with Gasteiger partial charge in [0.1, 0.15) is 13.2 Å². The molecule has 0 fully saturated rings. The van der Waals surface area contributed by atoms with Crippen LogP contribution in [0.1, 0.15) is 278 Å². The lowest BCUT2D eigenvalue weighted by molar-refractivity contribution is -0.167. The van der Waals surface area contributed by atoms with Crippen LogP contribution in [0.2, 0.25) is 0 Å². The molecule has 0 bridgehead atoms. The van der Waals surface area contributed by atoms with Gasteiger partial charge in [0.2, 0.25) is 0 Å². The van der Waals surface area contributed by atoms with Gasteiger partial charge in [0.25, 0.3) is 0 Å². The normalized spacial score (nSPS) is 12.9. The molecule has 1 unspecified atom stereocenters. The monoisotopic (exact) mass is 1010 g/mol. The molecule has 73 heavy (non-hydrogen) atoms. The molecule has 0 aliphatic heterocycles. The minimum absolute atomic E-state index is 0.0823. The van der Waals surface area contributed by atoms with Gasteiger partial charge >= 0.3 is 17.9 Å². The number of rotatable bonds is 54. The molecular formula is C67H112O6. The van der Waals surface area contributed by atoms with E-state index in [2.05, 4.69) is 130 Å². The fourth-order valence-corrected chi connectivity index (χ4v) is 8.26. The molecule has 0 saturated carbocycles. The lowest BCUT2D eigenvalue weighted by Gasteiger charge is -2.18. The SMILES string of the molecule is CC/C=C\C/C=C\C/C=C\C/C=C\C/C=C\C/C=C\C/C=C\C/C=C\C/C=C\CCCCCCCC(=O)OCC(COC(=O)CCCCCCCC)OC(=O)CCCCCCCCCCCCCCCCCC. The van der Waals surface area contributed by atoms with Crippen molar-refractivity contribution in [2.45, 2.75) is 284 Å². The Kier molecular flexibility index (Phi) is 57.4. The number of hydrogen-bond donors (Lipinski definition) is 0. The second-order valence-corrected chi connectivity index (χ2v) is 19.9. The van der Waals surface area contributed by atoms with Gasteiger partial charge in [-0.3, -0.25) is 14.4 Å². The first-order valence-electron chi connectivity index (χ1n) is 30.4. The number of esters is 3. The summed E-state index contributed by atoms with van der Waals surface area (Å²) < 4.78 is 16.8. The highest BCUT2D eigenvalue weighted by atomic mass is 16.6. The summed E-state index contributed by atoms with van der Waals surface area (Å²) in [6.45, 7) is 6.46. The zero-order chi connectivity index (χ0) is 52.9. The van der Waals surface area contributed by atoms with Crippen molar-refractivity contribution in [2.24, 2.45) is 0 Å². The summed E-state index contributed by atoms with van der Waals surface area (Å²) in [4.78, 5) is 37.9. The van der Waals surface area contributed by atoms with E-state index in [4.69, 9.17) is 14.2 Å². The van der Waals surface area contributed by atoms with E-state index in [1.165, 1.54) is 103 Å². The van der Waals surface area contributed by atoms with Crippen LogP contribution in [0.5, 0.6) is 0 Å². The van der Waals surface area contributed by atoms with E-state index in [0.717, 1.165) is 135 Å². The first-order valence-corrected chi connectivity index (χ1v) is 30.4. The van der Waals surface area contributed by atoms with Gasteiger partial charge in [-0.25, -0.2) is 0 Å². The number of unbranched alkanes of at least 4 members (excludes halogenated alkanes) is 25. The zero-order valence-corrected chi connectivity index (χ0v) is 47.6. The van der Waals surface area contributed by atoms with Gasteiger partial charge in [-0.15, -0.1) is 0 Å². The van der Waals surface area contributed by atoms with Crippen LogP contribution in [-0.2, 0) is 28.6 Å². The smallest absolute Gasteiger partial charge is 0.306 e. The molecule has 0 aromatic heterocycles. The van der Waals surface area contributed by atoms with Crippen LogP contribution in [0, 0.1) is 0 Å². The van der Waals surface area contributed by atoms with Gasteiger partial charge < -0.3 is 14.2 Å². The molecule has 416 valence electrons. The van der Waals surface area contributed by atoms with Crippen LogP contribution >= 0.6 is 0 Å². The number of hydrogen-bond acceptors (Lipinski definition) is 6. The molecule has 1 atom stereocenters. The van der Waals surface area contributed by atoms with Crippen LogP contribution in [0.4, 0.5) is 0 Å². The predicted molar refractivity (Wildman–Crippen MR) is 316 cm³/mol.